The summed E-state index contributed by atoms with van der Waals surface area (Å²) in [5.74, 6) is 1.14. The van der Waals surface area contributed by atoms with Gasteiger partial charge in [-0.15, -0.1) is 0 Å². The Morgan fingerprint density at radius 1 is 1.00 bits per heavy atom. The lowest BCUT2D eigenvalue weighted by atomic mass is 10.0. The number of hydrogen-bond acceptors (Lipinski definition) is 3. The predicted octanol–water partition coefficient (Wildman–Crippen LogP) is 4.14. The number of nitrogens with two attached hydrogens (primary N) is 1. The molecule has 2 aromatic rings. The first-order valence-electron chi connectivity index (χ1n) is 6.42. The van der Waals surface area contributed by atoms with Crippen molar-refractivity contribution in [3.63, 3.8) is 0 Å². The second-order valence-corrected chi connectivity index (χ2v) is 4.79. The Morgan fingerprint density at radius 3 is 2.37 bits per heavy atom. The molecule has 0 saturated carbocycles. The number of ether oxygens (including phenoxy) is 1. The molecule has 0 heterocycles. The molecule has 0 amide bonds. The molecule has 0 bridgehead atoms. The fraction of sp³-hybridized carbons (Fsp3) is 0.250. The first-order chi connectivity index (χ1) is 9.13. The van der Waals surface area contributed by atoms with Crippen LogP contribution in [0.3, 0.4) is 0 Å². The maximum Gasteiger partial charge on any atom is 0.143 e. The quantitative estimate of drug-likeness (QED) is 0.808. The third-order valence-corrected chi connectivity index (χ3v) is 3.14. The number of anilines is 3. The standard InChI is InChI=1S/C16H20N2O/c1-11(2)12-7-4-5-8-13(12)18-14-9-6-10-15(19-3)16(14)17/h4-11,18H,17H2,1-3H3. The molecule has 19 heavy (non-hydrogen) atoms. The van der Waals surface area contributed by atoms with Gasteiger partial charge >= 0.3 is 0 Å². The summed E-state index contributed by atoms with van der Waals surface area (Å²) in [5.41, 5.74) is 9.93. The first kappa shape index (κ1) is 13.3. The van der Waals surface area contributed by atoms with Crippen molar-refractivity contribution in [2.24, 2.45) is 0 Å². The Morgan fingerprint density at radius 2 is 1.68 bits per heavy atom. The topological polar surface area (TPSA) is 47.3 Å². The lowest BCUT2D eigenvalue weighted by Gasteiger charge is -2.16. The van der Waals surface area contributed by atoms with Crippen molar-refractivity contribution < 1.29 is 4.74 Å². The smallest absolute Gasteiger partial charge is 0.143 e. The molecule has 3 heteroatoms. The third-order valence-electron chi connectivity index (χ3n) is 3.14. The average molecular weight is 256 g/mol. The molecule has 0 aliphatic heterocycles. The van der Waals surface area contributed by atoms with Crippen molar-refractivity contribution in [3.05, 3.63) is 48.0 Å². The van der Waals surface area contributed by atoms with Gasteiger partial charge in [0.05, 0.1) is 18.5 Å². The zero-order chi connectivity index (χ0) is 13.8. The number of nitrogen functional groups attached to an aromatic ring is 1. The zero-order valence-corrected chi connectivity index (χ0v) is 11.6. The first-order valence-corrected chi connectivity index (χ1v) is 6.42. The van der Waals surface area contributed by atoms with Crippen LogP contribution in [0.2, 0.25) is 0 Å². The maximum atomic E-state index is 6.08. The van der Waals surface area contributed by atoms with Gasteiger partial charge in [0.15, 0.2) is 0 Å². The Bertz CT molecular complexity index is 564. The second-order valence-electron chi connectivity index (χ2n) is 4.79. The van der Waals surface area contributed by atoms with Gasteiger partial charge in [0, 0.05) is 5.69 Å². The normalized spacial score (nSPS) is 10.5. The summed E-state index contributed by atoms with van der Waals surface area (Å²) in [4.78, 5) is 0. The van der Waals surface area contributed by atoms with Crippen LogP contribution in [-0.4, -0.2) is 7.11 Å². The van der Waals surface area contributed by atoms with E-state index in [1.165, 1.54) is 5.56 Å². The molecule has 0 aliphatic carbocycles. The highest BCUT2D eigenvalue weighted by Gasteiger charge is 2.09. The van der Waals surface area contributed by atoms with Gasteiger partial charge < -0.3 is 15.8 Å². The number of rotatable bonds is 4. The molecule has 0 spiro atoms. The second kappa shape index (κ2) is 5.65. The summed E-state index contributed by atoms with van der Waals surface area (Å²) in [6.45, 7) is 4.35. The van der Waals surface area contributed by atoms with Crippen molar-refractivity contribution in [1.29, 1.82) is 0 Å². The lowest BCUT2D eigenvalue weighted by Crippen LogP contribution is -2.01. The van der Waals surface area contributed by atoms with Crippen molar-refractivity contribution in [2.45, 2.75) is 19.8 Å². The maximum absolute atomic E-state index is 6.08. The molecular formula is C16H20N2O. The fourth-order valence-electron chi connectivity index (χ4n) is 2.09. The van der Waals surface area contributed by atoms with Crippen LogP contribution in [0.15, 0.2) is 42.5 Å². The van der Waals surface area contributed by atoms with Crippen molar-refractivity contribution in [3.8, 4) is 5.75 Å². The third kappa shape index (κ3) is 2.81. The minimum absolute atomic E-state index is 0.454. The van der Waals surface area contributed by atoms with Gasteiger partial charge in [-0.2, -0.15) is 0 Å². The molecule has 0 atom stereocenters. The minimum atomic E-state index is 0.454. The van der Waals surface area contributed by atoms with Gasteiger partial charge in [0.1, 0.15) is 5.75 Å². The monoisotopic (exact) mass is 256 g/mol. The van der Waals surface area contributed by atoms with E-state index >= 15 is 0 Å². The summed E-state index contributed by atoms with van der Waals surface area (Å²) in [6.07, 6.45) is 0. The molecule has 3 N–H and O–H groups in total. The molecule has 3 nitrogen and oxygen atoms in total. The van der Waals surface area contributed by atoms with Crippen LogP contribution in [0, 0.1) is 0 Å². The summed E-state index contributed by atoms with van der Waals surface area (Å²) in [6, 6.07) is 14.0. The highest BCUT2D eigenvalue weighted by Crippen LogP contribution is 2.33. The van der Waals surface area contributed by atoms with Gasteiger partial charge in [0.2, 0.25) is 0 Å². The number of methoxy groups -OCH3 is 1. The summed E-state index contributed by atoms with van der Waals surface area (Å²) in [7, 11) is 1.62. The van der Waals surface area contributed by atoms with E-state index in [0.29, 0.717) is 17.4 Å². The van der Waals surface area contributed by atoms with Crippen molar-refractivity contribution in [2.75, 3.05) is 18.2 Å². The van der Waals surface area contributed by atoms with Gasteiger partial charge in [-0.3, -0.25) is 0 Å². The van der Waals surface area contributed by atoms with Crippen LogP contribution >= 0.6 is 0 Å². The highest BCUT2D eigenvalue weighted by molar-refractivity contribution is 5.78. The molecule has 2 aromatic carbocycles. The van der Waals surface area contributed by atoms with Crippen LogP contribution in [0.5, 0.6) is 5.75 Å². The van der Waals surface area contributed by atoms with Crippen LogP contribution in [0.25, 0.3) is 0 Å². The molecule has 0 saturated heterocycles. The Labute approximate surface area is 114 Å². The van der Waals surface area contributed by atoms with E-state index in [4.69, 9.17) is 10.5 Å². The van der Waals surface area contributed by atoms with Crippen LogP contribution in [0.4, 0.5) is 17.1 Å². The lowest BCUT2D eigenvalue weighted by molar-refractivity contribution is 0.417. The van der Waals surface area contributed by atoms with E-state index in [-0.39, 0.29) is 0 Å². The van der Waals surface area contributed by atoms with Crippen molar-refractivity contribution >= 4 is 17.1 Å². The highest BCUT2D eigenvalue weighted by atomic mass is 16.5. The molecule has 0 aliphatic rings. The molecule has 0 fully saturated rings. The van der Waals surface area contributed by atoms with Crippen LogP contribution in [0.1, 0.15) is 25.3 Å². The summed E-state index contributed by atoms with van der Waals surface area (Å²) < 4.78 is 5.24. The van der Waals surface area contributed by atoms with Crippen LogP contribution in [-0.2, 0) is 0 Å². The Hall–Kier alpha value is -2.16. The van der Waals surface area contributed by atoms with Crippen LogP contribution < -0.4 is 15.8 Å². The van der Waals surface area contributed by atoms with E-state index in [0.717, 1.165) is 11.4 Å². The molecule has 0 radical (unpaired) electrons. The predicted molar refractivity (Wildman–Crippen MR) is 81.2 cm³/mol. The van der Waals surface area contributed by atoms with Gasteiger partial charge in [-0.1, -0.05) is 38.1 Å². The average Bonchev–Trinajstić information content (AvgIpc) is 2.41. The molecule has 100 valence electrons. The minimum Gasteiger partial charge on any atom is -0.495 e. The zero-order valence-electron chi connectivity index (χ0n) is 11.6. The number of nitrogens with one attached hydrogen (secondary N) is 1. The largest absolute Gasteiger partial charge is 0.495 e. The SMILES string of the molecule is COc1cccc(Nc2ccccc2C(C)C)c1N. The van der Waals surface area contributed by atoms with E-state index in [1.807, 2.05) is 24.3 Å². The van der Waals surface area contributed by atoms with E-state index in [9.17, 15) is 0 Å². The summed E-state index contributed by atoms with van der Waals surface area (Å²) >= 11 is 0. The summed E-state index contributed by atoms with van der Waals surface area (Å²) in [5, 5.41) is 3.39. The van der Waals surface area contributed by atoms with Gasteiger partial charge in [-0.05, 0) is 29.7 Å². The van der Waals surface area contributed by atoms with E-state index in [1.54, 1.807) is 7.11 Å². The molecule has 0 aromatic heterocycles. The van der Waals surface area contributed by atoms with Gasteiger partial charge in [-0.25, -0.2) is 0 Å². The molecular weight excluding hydrogens is 236 g/mol. The Balaban J connectivity index is 2.37. The van der Waals surface area contributed by atoms with Gasteiger partial charge in [0.25, 0.3) is 0 Å². The van der Waals surface area contributed by atoms with E-state index < -0.39 is 0 Å². The fourth-order valence-corrected chi connectivity index (χ4v) is 2.09. The number of para-hydroxylation sites is 2. The molecule has 2 rings (SSSR count). The Kier molecular flexibility index (Phi) is 3.95. The number of benzene rings is 2. The molecule has 0 unspecified atom stereocenters. The number of hydrogen-bond donors (Lipinski definition) is 2. The van der Waals surface area contributed by atoms with E-state index in [2.05, 4.69) is 37.4 Å². The van der Waals surface area contributed by atoms with Crippen molar-refractivity contribution in [1.82, 2.24) is 0 Å².